The standard InChI is InChI=1S/C16H11FN2O2/c1-20-14-5-12(8-18)6-15(7-14)21-10-11-2-3-16(17)13(4-11)9-19/h2-7H,10H2,1H3. The average molecular weight is 282 g/mol. The SMILES string of the molecule is COc1cc(C#N)cc(OCc2ccc(F)c(C#N)c2)c1. The van der Waals surface area contributed by atoms with Crippen LogP contribution in [0.4, 0.5) is 4.39 Å². The number of rotatable bonds is 4. The van der Waals surface area contributed by atoms with E-state index in [1.165, 1.54) is 19.2 Å². The number of halogens is 1. The number of hydrogen-bond acceptors (Lipinski definition) is 4. The molecule has 5 heteroatoms. The van der Waals surface area contributed by atoms with Crippen molar-refractivity contribution in [3.63, 3.8) is 0 Å². The van der Waals surface area contributed by atoms with E-state index in [1.54, 1.807) is 30.3 Å². The molecule has 0 saturated carbocycles. The Bertz CT molecular complexity index is 745. The van der Waals surface area contributed by atoms with Crippen LogP contribution in [0.25, 0.3) is 0 Å². The molecule has 0 radical (unpaired) electrons. The smallest absolute Gasteiger partial charge is 0.140 e. The predicted molar refractivity (Wildman–Crippen MR) is 73.2 cm³/mol. The summed E-state index contributed by atoms with van der Waals surface area (Å²) in [4.78, 5) is 0. The molecule has 0 spiro atoms. The van der Waals surface area contributed by atoms with E-state index in [-0.39, 0.29) is 12.2 Å². The Labute approximate surface area is 121 Å². The molecule has 4 nitrogen and oxygen atoms in total. The number of hydrogen-bond donors (Lipinski definition) is 0. The molecule has 0 saturated heterocycles. The van der Waals surface area contributed by atoms with Crippen LogP contribution >= 0.6 is 0 Å². The van der Waals surface area contributed by atoms with Crippen LogP contribution in [-0.2, 0) is 6.61 Å². The van der Waals surface area contributed by atoms with Gasteiger partial charge in [-0.3, -0.25) is 0 Å². The van der Waals surface area contributed by atoms with E-state index in [9.17, 15) is 4.39 Å². The molecular weight excluding hydrogens is 271 g/mol. The molecule has 0 aliphatic heterocycles. The number of ether oxygens (including phenoxy) is 2. The molecule has 104 valence electrons. The van der Waals surface area contributed by atoms with Crippen LogP contribution in [0.2, 0.25) is 0 Å². The summed E-state index contributed by atoms with van der Waals surface area (Å²) in [7, 11) is 1.50. The topological polar surface area (TPSA) is 66.0 Å². The van der Waals surface area contributed by atoms with Gasteiger partial charge in [0.1, 0.15) is 30.0 Å². The largest absolute Gasteiger partial charge is 0.497 e. The molecule has 2 rings (SSSR count). The molecule has 0 aliphatic rings. The molecular formula is C16H11FN2O2. The van der Waals surface area contributed by atoms with Crippen LogP contribution in [0.5, 0.6) is 11.5 Å². The molecule has 0 unspecified atom stereocenters. The van der Waals surface area contributed by atoms with E-state index in [2.05, 4.69) is 0 Å². The average Bonchev–Trinajstić information content (AvgIpc) is 2.53. The first-order valence-electron chi connectivity index (χ1n) is 6.07. The van der Waals surface area contributed by atoms with Gasteiger partial charge < -0.3 is 9.47 Å². The number of methoxy groups -OCH3 is 1. The van der Waals surface area contributed by atoms with E-state index < -0.39 is 5.82 Å². The Morgan fingerprint density at radius 1 is 1.05 bits per heavy atom. The van der Waals surface area contributed by atoms with Gasteiger partial charge in [0, 0.05) is 6.07 Å². The van der Waals surface area contributed by atoms with Crippen molar-refractivity contribution in [2.45, 2.75) is 6.61 Å². The van der Waals surface area contributed by atoms with E-state index in [4.69, 9.17) is 20.0 Å². The highest BCUT2D eigenvalue weighted by molar-refractivity contribution is 5.44. The first-order valence-corrected chi connectivity index (χ1v) is 6.07. The van der Waals surface area contributed by atoms with Crippen LogP contribution in [0.1, 0.15) is 16.7 Å². The fourth-order valence-corrected chi connectivity index (χ4v) is 1.75. The summed E-state index contributed by atoms with van der Waals surface area (Å²) in [6.45, 7) is 0.160. The minimum absolute atomic E-state index is 0.0283. The van der Waals surface area contributed by atoms with Gasteiger partial charge in [-0.15, -0.1) is 0 Å². The van der Waals surface area contributed by atoms with Crippen LogP contribution in [0, 0.1) is 28.5 Å². The summed E-state index contributed by atoms with van der Waals surface area (Å²) < 4.78 is 23.8. The zero-order chi connectivity index (χ0) is 15.2. The quantitative estimate of drug-likeness (QED) is 0.864. The van der Waals surface area contributed by atoms with E-state index in [0.29, 0.717) is 22.6 Å². The molecule has 2 aromatic carbocycles. The molecule has 0 bridgehead atoms. The highest BCUT2D eigenvalue weighted by Gasteiger charge is 2.05. The van der Waals surface area contributed by atoms with Crippen molar-refractivity contribution in [1.29, 1.82) is 10.5 Å². The van der Waals surface area contributed by atoms with Gasteiger partial charge in [0.25, 0.3) is 0 Å². The monoisotopic (exact) mass is 282 g/mol. The summed E-state index contributed by atoms with van der Waals surface area (Å²) in [5.74, 6) is 0.420. The van der Waals surface area contributed by atoms with Gasteiger partial charge >= 0.3 is 0 Å². The van der Waals surface area contributed by atoms with E-state index >= 15 is 0 Å². The van der Waals surface area contributed by atoms with Crippen LogP contribution in [0.3, 0.4) is 0 Å². The highest BCUT2D eigenvalue weighted by atomic mass is 19.1. The Kier molecular flexibility index (Phi) is 4.38. The Morgan fingerprint density at radius 2 is 1.81 bits per heavy atom. The van der Waals surface area contributed by atoms with E-state index in [0.717, 1.165) is 0 Å². The summed E-state index contributed by atoms with van der Waals surface area (Å²) in [5.41, 5.74) is 1.05. The third kappa shape index (κ3) is 3.49. The van der Waals surface area contributed by atoms with Gasteiger partial charge in [0.2, 0.25) is 0 Å². The molecule has 0 heterocycles. The van der Waals surface area contributed by atoms with Gasteiger partial charge in [-0.25, -0.2) is 4.39 Å². The first-order chi connectivity index (χ1) is 10.2. The molecule has 0 amide bonds. The minimum atomic E-state index is -0.561. The molecule has 0 N–H and O–H groups in total. The third-order valence-corrected chi connectivity index (χ3v) is 2.80. The van der Waals surface area contributed by atoms with Crippen molar-refractivity contribution in [1.82, 2.24) is 0 Å². The molecule has 0 atom stereocenters. The second-order valence-electron chi connectivity index (χ2n) is 4.22. The number of nitriles is 2. The fraction of sp³-hybridized carbons (Fsp3) is 0.125. The summed E-state index contributed by atoms with van der Waals surface area (Å²) >= 11 is 0. The van der Waals surface area contributed by atoms with Crippen molar-refractivity contribution in [2.24, 2.45) is 0 Å². The molecule has 0 aromatic heterocycles. The molecule has 0 aliphatic carbocycles. The van der Waals surface area contributed by atoms with Crippen LogP contribution in [0.15, 0.2) is 36.4 Å². The van der Waals surface area contributed by atoms with Gasteiger partial charge in [-0.05, 0) is 29.8 Å². The summed E-state index contributed by atoms with van der Waals surface area (Å²) in [6, 6.07) is 12.8. The molecule has 0 fully saturated rings. The summed E-state index contributed by atoms with van der Waals surface area (Å²) in [6.07, 6.45) is 0. The van der Waals surface area contributed by atoms with Crippen LogP contribution in [-0.4, -0.2) is 7.11 Å². The summed E-state index contributed by atoms with van der Waals surface area (Å²) in [5, 5.41) is 17.7. The molecule has 21 heavy (non-hydrogen) atoms. The van der Waals surface area contributed by atoms with Crippen molar-refractivity contribution in [3.05, 3.63) is 58.9 Å². The zero-order valence-electron chi connectivity index (χ0n) is 11.3. The van der Waals surface area contributed by atoms with Crippen molar-refractivity contribution in [3.8, 4) is 23.6 Å². The third-order valence-electron chi connectivity index (χ3n) is 2.80. The van der Waals surface area contributed by atoms with Gasteiger partial charge in [0.15, 0.2) is 0 Å². The number of benzene rings is 2. The Balaban J connectivity index is 2.17. The Morgan fingerprint density at radius 3 is 2.48 bits per heavy atom. The second kappa shape index (κ2) is 6.40. The highest BCUT2D eigenvalue weighted by Crippen LogP contribution is 2.23. The normalized spacial score (nSPS) is 9.52. The van der Waals surface area contributed by atoms with Gasteiger partial charge in [-0.2, -0.15) is 10.5 Å². The fourth-order valence-electron chi connectivity index (χ4n) is 1.75. The maximum atomic E-state index is 13.2. The van der Waals surface area contributed by atoms with Crippen molar-refractivity contribution < 1.29 is 13.9 Å². The predicted octanol–water partition coefficient (Wildman–Crippen LogP) is 3.16. The lowest BCUT2D eigenvalue weighted by Gasteiger charge is -2.09. The maximum Gasteiger partial charge on any atom is 0.140 e. The molecule has 2 aromatic rings. The minimum Gasteiger partial charge on any atom is -0.497 e. The lowest BCUT2D eigenvalue weighted by atomic mass is 10.1. The number of nitrogens with zero attached hydrogens (tertiary/aromatic N) is 2. The van der Waals surface area contributed by atoms with Gasteiger partial charge in [0.05, 0.1) is 24.3 Å². The van der Waals surface area contributed by atoms with Gasteiger partial charge in [-0.1, -0.05) is 6.07 Å². The lowest BCUT2D eigenvalue weighted by Crippen LogP contribution is -1.98. The van der Waals surface area contributed by atoms with Crippen molar-refractivity contribution in [2.75, 3.05) is 7.11 Å². The van der Waals surface area contributed by atoms with Crippen molar-refractivity contribution >= 4 is 0 Å². The second-order valence-corrected chi connectivity index (χ2v) is 4.22. The Hall–Kier alpha value is -3.05. The maximum absolute atomic E-state index is 13.2. The first kappa shape index (κ1) is 14.4. The van der Waals surface area contributed by atoms with E-state index in [1.807, 2.05) is 6.07 Å². The lowest BCUT2D eigenvalue weighted by molar-refractivity contribution is 0.303. The van der Waals surface area contributed by atoms with Crippen LogP contribution < -0.4 is 9.47 Å². The zero-order valence-corrected chi connectivity index (χ0v) is 11.3.